The van der Waals surface area contributed by atoms with Crippen molar-refractivity contribution in [3.05, 3.63) is 23.3 Å². The van der Waals surface area contributed by atoms with Crippen LogP contribution in [0.3, 0.4) is 0 Å². The van der Waals surface area contributed by atoms with Crippen molar-refractivity contribution in [2.24, 2.45) is 0 Å². The highest BCUT2D eigenvalue weighted by molar-refractivity contribution is 5.66. The first-order valence-corrected chi connectivity index (χ1v) is 15.6. The van der Waals surface area contributed by atoms with Crippen molar-refractivity contribution in [3.63, 3.8) is 0 Å². The zero-order chi connectivity index (χ0) is 32.8. The summed E-state index contributed by atoms with van der Waals surface area (Å²) in [6.07, 6.45) is 9.62. The summed E-state index contributed by atoms with van der Waals surface area (Å²) < 4.78 is 11.1. The number of carbonyl (C=O) groups excluding carboxylic acids is 2. The van der Waals surface area contributed by atoms with Crippen molar-refractivity contribution in [1.82, 2.24) is 0 Å². The van der Waals surface area contributed by atoms with Crippen molar-refractivity contribution in [3.8, 4) is 0 Å². The quantitative estimate of drug-likeness (QED) is 0.0873. The second kappa shape index (κ2) is 18.2. The molecule has 4 N–H and O–H groups in total. The summed E-state index contributed by atoms with van der Waals surface area (Å²) in [5.41, 5.74) is -1.69. The van der Waals surface area contributed by atoms with Crippen LogP contribution in [0, 0.1) is 0 Å². The molecular weight excluding hydrogens is 536 g/mol. The highest BCUT2D eigenvalue weighted by Gasteiger charge is 2.39. The van der Waals surface area contributed by atoms with E-state index in [9.17, 15) is 30.0 Å². The Kier molecular flexibility index (Phi) is 17.4. The molecule has 4 unspecified atom stereocenters. The lowest BCUT2D eigenvalue weighted by molar-refractivity contribution is -0.171. The number of aliphatic hydroxyl groups is 4. The van der Waals surface area contributed by atoms with Gasteiger partial charge in [-0.05, 0) is 132 Å². The van der Waals surface area contributed by atoms with E-state index in [4.69, 9.17) is 9.47 Å². The van der Waals surface area contributed by atoms with Crippen molar-refractivity contribution < 1.29 is 39.5 Å². The first-order chi connectivity index (χ1) is 19.0. The number of carbonyl (C=O) groups is 2. The lowest BCUT2D eigenvalue weighted by atomic mass is 9.85. The first-order valence-electron chi connectivity index (χ1n) is 15.6. The Hall–Kier alpha value is -1.74. The van der Waals surface area contributed by atoms with Crippen LogP contribution in [0.4, 0.5) is 0 Å². The van der Waals surface area contributed by atoms with Crippen LogP contribution in [0.15, 0.2) is 23.3 Å². The minimum Gasteiger partial charge on any atom is -0.460 e. The number of hydrogen-bond donors (Lipinski definition) is 4. The average Bonchev–Trinajstić information content (AvgIpc) is 2.78. The molecule has 0 aliphatic carbocycles. The van der Waals surface area contributed by atoms with E-state index < -0.39 is 46.6 Å². The normalized spacial score (nSPS) is 17.7. The molecule has 4 atom stereocenters. The lowest BCUT2D eigenvalue weighted by Crippen LogP contribution is -2.46. The number of hydrogen-bond acceptors (Lipinski definition) is 8. The van der Waals surface area contributed by atoms with Crippen LogP contribution < -0.4 is 0 Å². The maximum absolute atomic E-state index is 11.9. The van der Waals surface area contributed by atoms with E-state index in [2.05, 4.69) is 12.2 Å². The van der Waals surface area contributed by atoms with Crippen molar-refractivity contribution in [2.45, 2.75) is 181 Å². The highest BCUT2D eigenvalue weighted by atomic mass is 16.6. The van der Waals surface area contributed by atoms with E-state index in [0.29, 0.717) is 38.5 Å². The van der Waals surface area contributed by atoms with E-state index in [1.54, 1.807) is 41.5 Å². The van der Waals surface area contributed by atoms with E-state index in [1.165, 1.54) is 25.0 Å². The van der Waals surface area contributed by atoms with Gasteiger partial charge in [0.05, 0.1) is 22.4 Å². The molecule has 42 heavy (non-hydrogen) atoms. The number of esters is 2. The largest absolute Gasteiger partial charge is 0.460 e. The van der Waals surface area contributed by atoms with E-state index in [-0.39, 0.29) is 12.8 Å². The predicted octanol–water partition coefficient (Wildman–Crippen LogP) is 6.47. The minimum atomic E-state index is -1.33. The zero-order valence-electron chi connectivity index (χ0n) is 28.2. The molecule has 0 aliphatic rings. The number of ether oxygens (including phenoxy) is 2. The molecule has 8 nitrogen and oxygen atoms in total. The molecule has 0 aliphatic heterocycles. The van der Waals surface area contributed by atoms with Crippen molar-refractivity contribution in [2.75, 3.05) is 0 Å². The summed E-state index contributed by atoms with van der Waals surface area (Å²) in [5, 5.41) is 42.4. The monoisotopic (exact) mass is 598 g/mol. The molecule has 0 saturated carbocycles. The van der Waals surface area contributed by atoms with E-state index in [1.807, 2.05) is 13.8 Å². The summed E-state index contributed by atoms with van der Waals surface area (Å²) in [7, 11) is 0. The third-order valence-electron chi connectivity index (χ3n) is 7.70. The van der Waals surface area contributed by atoms with Crippen LogP contribution in [0.2, 0.25) is 0 Å². The lowest BCUT2D eigenvalue weighted by Gasteiger charge is -2.36. The second-order valence-corrected chi connectivity index (χ2v) is 14.0. The van der Waals surface area contributed by atoms with Crippen LogP contribution in [0.1, 0.15) is 146 Å². The van der Waals surface area contributed by atoms with E-state index >= 15 is 0 Å². The Bertz CT molecular complexity index is 799. The predicted molar refractivity (Wildman–Crippen MR) is 168 cm³/mol. The Balaban J connectivity index is 5.31. The van der Waals surface area contributed by atoms with Crippen LogP contribution in [-0.4, -0.2) is 67.0 Å². The van der Waals surface area contributed by atoms with Gasteiger partial charge in [0, 0.05) is 13.8 Å². The van der Waals surface area contributed by atoms with Gasteiger partial charge in [-0.15, -0.1) is 0 Å². The maximum Gasteiger partial charge on any atom is 0.303 e. The Labute approximate surface area is 255 Å². The Morgan fingerprint density at radius 2 is 0.905 bits per heavy atom. The molecular formula is C34H62O8. The molecule has 0 aromatic carbocycles. The van der Waals surface area contributed by atoms with Gasteiger partial charge in [-0.1, -0.05) is 23.3 Å². The van der Waals surface area contributed by atoms with Gasteiger partial charge in [-0.2, -0.15) is 0 Å². The van der Waals surface area contributed by atoms with E-state index in [0.717, 1.165) is 25.7 Å². The van der Waals surface area contributed by atoms with Crippen LogP contribution in [0.25, 0.3) is 0 Å². The summed E-state index contributed by atoms with van der Waals surface area (Å²) in [6.45, 7) is 17.1. The average molecular weight is 599 g/mol. The van der Waals surface area contributed by atoms with Crippen molar-refractivity contribution in [1.29, 1.82) is 0 Å². The van der Waals surface area contributed by atoms with Crippen molar-refractivity contribution >= 4 is 11.9 Å². The molecule has 0 fully saturated rings. The fraction of sp³-hybridized carbons (Fsp3) is 0.824. The molecule has 0 amide bonds. The summed E-state index contributed by atoms with van der Waals surface area (Å²) in [4.78, 5) is 23.8. The first kappa shape index (κ1) is 40.3. The Morgan fingerprint density at radius 1 is 0.595 bits per heavy atom. The smallest absolute Gasteiger partial charge is 0.303 e. The maximum atomic E-state index is 11.9. The fourth-order valence-electron chi connectivity index (χ4n) is 5.04. The molecule has 0 aromatic rings. The Morgan fingerprint density at radius 3 is 1.17 bits per heavy atom. The molecule has 8 heteroatoms. The molecule has 0 aromatic heterocycles. The summed E-state index contributed by atoms with van der Waals surface area (Å²) >= 11 is 0. The zero-order valence-corrected chi connectivity index (χ0v) is 28.2. The van der Waals surface area contributed by atoms with Gasteiger partial charge in [0.1, 0.15) is 12.2 Å². The molecule has 0 bridgehead atoms. The number of rotatable bonds is 21. The molecule has 0 spiro atoms. The minimum absolute atomic E-state index is 0.209. The number of allylic oxidation sites excluding steroid dienone is 4. The van der Waals surface area contributed by atoms with Crippen LogP contribution >= 0.6 is 0 Å². The van der Waals surface area contributed by atoms with Gasteiger partial charge in [0.15, 0.2) is 0 Å². The molecule has 0 radical (unpaired) electrons. The topological polar surface area (TPSA) is 134 Å². The third-order valence-corrected chi connectivity index (χ3v) is 7.70. The molecule has 0 heterocycles. The van der Waals surface area contributed by atoms with Crippen LogP contribution in [0.5, 0.6) is 0 Å². The van der Waals surface area contributed by atoms with Gasteiger partial charge < -0.3 is 29.9 Å². The van der Waals surface area contributed by atoms with Crippen LogP contribution in [-0.2, 0) is 19.1 Å². The van der Waals surface area contributed by atoms with Gasteiger partial charge in [0.2, 0.25) is 0 Å². The summed E-state index contributed by atoms with van der Waals surface area (Å²) in [6, 6.07) is 0. The van der Waals surface area contributed by atoms with Gasteiger partial charge in [-0.25, -0.2) is 0 Å². The van der Waals surface area contributed by atoms with Gasteiger partial charge in [-0.3, -0.25) is 9.59 Å². The molecule has 0 saturated heterocycles. The van der Waals surface area contributed by atoms with Gasteiger partial charge in [0.25, 0.3) is 0 Å². The highest BCUT2D eigenvalue weighted by Crippen LogP contribution is 2.30. The molecule has 246 valence electrons. The fourth-order valence-corrected chi connectivity index (χ4v) is 5.04. The second-order valence-electron chi connectivity index (χ2n) is 14.0. The SMILES string of the molecule is CC(=O)OC(CCC(OC(C)=O)C(C)(O)CCC=C(C)CCCC(C)(C)O)C(C)(O)CCC=C(C)CCCC(C)(C)O. The third kappa shape index (κ3) is 20.2. The summed E-state index contributed by atoms with van der Waals surface area (Å²) in [5.74, 6) is -1.03. The van der Waals surface area contributed by atoms with Gasteiger partial charge >= 0.3 is 11.9 Å². The molecule has 0 rings (SSSR count). The standard InChI is InChI=1S/C34H62O8/c1-25(15-11-21-31(5,6)37)17-13-23-33(9,39)29(41-27(3)35)19-20-30(42-28(4)36)34(10,40)24-14-18-26(2)16-12-22-32(7,8)38/h17-18,29-30,37-40H,11-16,19-24H2,1-10H3.